The van der Waals surface area contributed by atoms with Gasteiger partial charge in [-0.3, -0.25) is 4.79 Å². The molecule has 0 radical (unpaired) electrons. The summed E-state index contributed by atoms with van der Waals surface area (Å²) in [5, 5.41) is 14.3. The number of amides is 1. The lowest BCUT2D eigenvalue weighted by atomic mass is 10.2. The number of ether oxygens (including phenoxy) is 1. The zero-order valence-electron chi connectivity index (χ0n) is 16.6. The summed E-state index contributed by atoms with van der Waals surface area (Å²) in [6.45, 7) is 2.33. The van der Waals surface area contributed by atoms with Crippen molar-refractivity contribution in [3.8, 4) is 11.5 Å². The number of benzene rings is 2. The van der Waals surface area contributed by atoms with Gasteiger partial charge in [-0.15, -0.1) is 0 Å². The second-order valence-corrected chi connectivity index (χ2v) is 9.48. The van der Waals surface area contributed by atoms with Gasteiger partial charge in [-0.25, -0.2) is 13.8 Å². The largest absolute Gasteiger partial charge is 0.503 e. The Bertz CT molecular complexity index is 1090. The fourth-order valence-electron chi connectivity index (χ4n) is 3.21. The van der Waals surface area contributed by atoms with E-state index in [1.165, 1.54) is 46.9 Å². The molecular weight excluding hydrogens is 465 g/mol. The molecule has 1 atom stereocenters. The van der Waals surface area contributed by atoms with E-state index in [0.717, 1.165) is 0 Å². The number of sulfonamides is 1. The smallest absolute Gasteiger partial charge is 0.258 e. The summed E-state index contributed by atoms with van der Waals surface area (Å²) in [6, 6.07) is 7.91. The molecule has 0 unspecified atom stereocenters. The van der Waals surface area contributed by atoms with Crippen LogP contribution < -0.4 is 10.2 Å². The van der Waals surface area contributed by atoms with Gasteiger partial charge < -0.3 is 9.84 Å². The van der Waals surface area contributed by atoms with Gasteiger partial charge in [-0.05, 0) is 61.7 Å². The van der Waals surface area contributed by atoms with E-state index >= 15 is 0 Å². The van der Waals surface area contributed by atoms with E-state index in [0.29, 0.717) is 30.0 Å². The van der Waals surface area contributed by atoms with E-state index in [4.69, 9.17) is 27.9 Å². The van der Waals surface area contributed by atoms with Gasteiger partial charge in [0, 0.05) is 11.6 Å². The maximum absolute atomic E-state index is 12.9. The molecule has 0 aromatic heterocycles. The predicted molar refractivity (Wildman–Crippen MR) is 118 cm³/mol. The topological polar surface area (TPSA) is 108 Å². The fraction of sp³-hybridized carbons (Fsp3) is 0.300. The zero-order valence-corrected chi connectivity index (χ0v) is 18.9. The van der Waals surface area contributed by atoms with Crippen molar-refractivity contribution in [2.75, 3.05) is 13.2 Å². The van der Waals surface area contributed by atoms with Crippen LogP contribution in [0.2, 0.25) is 10.0 Å². The summed E-state index contributed by atoms with van der Waals surface area (Å²) in [7, 11) is -3.85. The van der Waals surface area contributed by atoms with Crippen LogP contribution in [-0.4, -0.2) is 49.1 Å². The van der Waals surface area contributed by atoms with Crippen molar-refractivity contribution in [3.05, 3.63) is 52.0 Å². The molecule has 1 heterocycles. The molecule has 0 bridgehead atoms. The Morgan fingerprint density at radius 1 is 1.32 bits per heavy atom. The summed E-state index contributed by atoms with van der Waals surface area (Å²) < 4.78 is 32.3. The molecule has 1 saturated heterocycles. The number of hydrazone groups is 1. The van der Waals surface area contributed by atoms with Crippen LogP contribution in [0.1, 0.15) is 25.3 Å². The van der Waals surface area contributed by atoms with Crippen LogP contribution in [0.5, 0.6) is 11.5 Å². The predicted octanol–water partition coefficient (Wildman–Crippen LogP) is 3.40. The molecule has 0 spiro atoms. The molecule has 0 aliphatic carbocycles. The van der Waals surface area contributed by atoms with Gasteiger partial charge in [0.1, 0.15) is 6.04 Å². The highest BCUT2D eigenvalue weighted by molar-refractivity contribution is 7.89. The van der Waals surface area contributed by atoms with Crippen LogP contribution in [0, 0.1) is 0 Å². The van der Waals surface area contributed by atoms with Gasteiger partial charge in [-0.1, -0.05) is 23.2 Å². The molecule has 31 heavy (non-hydrogen) atoms. The van der Waals surface area contributed by atoms with E-state index in [-0.39, 0.29) is 28.0 Å². The molecule has 11 heteroatoms. The molecule has 166 valence electrons. The first-order chi connectivity index (χ1) is 14.7. The highest BCUT2D eigenvalue weighted by atomic mass is 35.5. The molecule has 1 aliphatic heterocycles. The van der Waals surface area contributed by atoms with Gasteiger partial charge in [-0.2, -0.15) is 9.41 Å². The van der Waals surface area contributed by atoms with E-state index < -0.39 is 22.0 Å². The lowest BCUT2D eigenvalue weighted by molar-refractivity contribution is -0.124. The summed E-state index contributed by atoms with van der Waals surface area (Å²) in [4.78, 5) is 12.7. The number of carbonyl (C=O) groups is 1. The summed E-state index contributed by atoms with van der Waals surface area (Å²) >= 11 is 11.8. The molecule has 3 rings (SSSR count). The molecule has 0 saturated carbocycles. The minimum atomic E-state index is -3.85. The summed E-state index contributed by atoms with van der Waals surface area (Å²) in [6.07, 6.45) is 2.27. The van der Waals surface area contributed by atoms with Crippen molar-refractivity contribution >= 4 is 45.3 Å². The first kappa shape index (κ1) is 23.3. The first-order valence-corrected chi connectivity index (χ1v) is 11.7. The van der Waals surface area contributed by atoms with Gasteiger partial charge in [0.05, 0.1) is 22.7 Å². The standard InChI is InChI=1S/C20H21Cl2N3O5S/c1-2-30-18-11-13(10-16(22)19(18)26)12-23-24-20(27)17-4-3-9-25(17)31(28,29)15-7-5-14(21)6-8-15/h5-8,10-12,17,26H,2-4,9H2,1H3,(H,24,27)/b23-12-/t17-/m1/s1. The Hall–Kier alpha value is -2.33. The second-order valence-electron chi connectivity index (χ2n) is 6.74. The number of carbonyl (C=O) groups excluding carboxylic acids is 1. The van der Waals surface area contributed by atoms with E-state index in [1.54, 1.807) is 6.92 Å². The maximum atomic E-state index is 12.9. The van der Waals surface area contributed by atoms with Gasteiger partial charge in [0.25, 0.3) is 5.91 Å². The number of nitrogens with one attached hydrogen (secondary N) is 1. The number of phenols is 1. The Kier molecular flexibility index (Phi) is 7.42. The summed E-state index contributed by atoms with van der Waals surface area (Å²) in [5.74, 6) is -0.529. The number of hydrogen-bond donors (Lipinski definition) is 2. The first-order valence-electron chi connectivity index (χ1n) is 9.49. The fourth-order valence-corrected chi connectivity index (χ4v) is 5.21. The van der Waals surface area contributed by atoms with E-state index in [2.05, 4.69) is 10.5 Å². The zero-order chi connectivity index (χ0) is 22.6. The summed E-state index contributed by atoms with van der Waals surface area (Å²) in [5.41, 5.74) is 2.87. The van der Waals surface area contributed by atoms with Crippen LogP contribution in [0.25, 0.3) is 0 Å². The molecule has 1 aliphatic rings. The Balaban J connectivity index is 1.72. The minimum Gasteiger partial charge on any atom is -0.503 e. The van der Waals surface area contributed by atoms with Crippen molar-refractivity contribution in [1.29, 1.82) is 0 Å². The average Bonchev–Trinajstić information content (AvgIpc) is 3.23. The third-order valence-electron chi connectivity index (χ3n) is 4.67. The third-order valence-corrected chi connectivity index (χ3v) is 7.13. The SMILES string of the molecule is CCOc1cc(/C=N\NC(=O)[C@H]2CCCN2S(=O)(=O)c2ccc(Cl)cc2)cc(Cl)c1O. The number of aromatic hydroxyl groups is 1. The normalized spacial score (nSPS) is 17.2. The lowest BCUT2D eigenvalue weighted by Crippen LogP contribution is -2.44. The van der Waals surface area contributed by atoms with Crippen molar-refractivity contribution in [1.82, 2.24) is 9.73 Å². The van der Waals surface area contributed by atoms with Crippen molar-refractivity contribution in [3.63, 3.8) is 0 Å². The number of rotatable bonds is 7. The number of halogens is 2. The van der Waals surface area contributed by atoms with Gasteiger partial charge >= 0.3 is 0 Å². The lowest BCUT2D eigenvalue weighted by Gasteiger charge is -2.22. The Labute approximate surface area is 190 Å². The van der Waals surface area contributed by atoms with Crippen LogP contribution >= 0.6 is 23.2 Å². The molecule has 2 aromatic rings. The Morgan fingerprint density at radius 3 is 2.71 bits per heavy atom. The minimum absolute atomic E-state index is 0.0716. The maximum Gasteiger partial charge on any atom is 0.258 e. The van der Waals surface area contributed by atoms with Gasteiger partial charge in [0.15, 0.2) is 11.5 Å². The van der Waals surface area contributed by atoms with E-state index in [9.17, 15) is 18.3 Å². The van der Waals surface area contributed by atoms with Crippen LogP contribution in [0.4, 0.5) is 0 Å². The molecule has 8 nitrogen and oxygen atoms in total. The average molecular weight is 486 g/mol. The highest BCUT2D eigenvalue weighted by Gasteiger charge is 2.39. The van der Waals surface area contributed by atoms with Crippen molar-refractivity contribution < 1.29 is 23.1 Å². The third kappa shape index (κ3) is 5.30. The van der Waals surface area contributed by atoms with Crippen LogP contribution in [0.15, 0.2) is 46.4 Å². The van der Waals surface area contributed by atoms with Gasteiger partial charge in [0.2, 0.25) is 10.0 Å². The Morgan fingerprint density at radius 2 is 2.03 bits per heavy atom. The number of nitrogens with zero attached hydrogens (tertiary/aromatic N) is 2. The quantitative estimate of drug-likeness (QED) is 0.461. The highest BCUT2D eigenvalue weighted by Crippen LogP contribution is 2.34. The second kappa shape index (κ2) is 9.86. The molecule has 2 aromatic carbocycles. The molecule has 1 fully saturated rings. The molecule has 1 amide bonds. The van der Waals surface area contributed by atoms with Crippen molar-refractivity contribution in [2.45, 2.75) is 30.7 Å². The number of phenolic OH excluding ortho intramolecular Hbond substituents is 1. The monoisotopic (exact) mass is 485 g/mol. The molecular formula is C20H21Cl2N3O5S. The van der Waals surface area contributed by atoms with Crippen LogP contribution in [-0.2, 0) is 14.8 Å². The van der Waals surface area contributed by atoms with E-state index in [1.807, 2.05) is 0 Å². The molecule has 2 N–H and O–H groups in total. The van der Waals surface area contributed by atoms with Crippen molar-refractivity contribution in [2.24, 2.45) is 5.10 Å². The number of hydrogen-bond acceptors (Lipinski definition) is 6. The van der Waals surface area contributed by atoms with Crippen LogP contribution in [0.3, 0.4) is 0 Å².